The molecule has 6 nitrogen and oxygen atoms in total. The third-order valence-corrected chi connectivity index (χ3v) is 3.83. The van der Waals surface area contributed by atoms with Crippen molar-refractivity contribution in [1.29, 1.82) is 0 Å². The van der Waals surface area contributed by atoms with Crippen molar-refractivity contribution in [2.45, 2.75) is 20.4 Å². The molecule has 3 aromatic heterocycles. The maximum atomic E-state index is 14.0. The van der Waals surface area contributed by atoms with Gasteiger partial charge >= 0.3 is 0 Å². The van der Waals surface area contributed by atoms with Gasteiger partial charge in [0.25, 0.3) is 0 Å². The number of nitrogens with one attached hydrogen (secondary N) is 1. The van der Waals surface area contributed by atoms with Crippen molar-refractivity contribution in [3.8, 4) is 11.5 Å². The first kappa shape index (κ1) is 14.5. The lowest BCUT2D eigenvalue weighted by atomic mass is 10.2. The van der Waals surface area contributed by atoms with E-state index in [0.29, 0.717) is 35.1 Å². The highest BCUT2D eigenvalue weighted by Gasteiger charge is 2.17. The van der Waals surface area contributed by atoms with Gasteiger partial charge in [0, 0.05) is 11.3 Å². The fraction of sp³-hybridized carbons (Fsp3) is 0.176. The van der Waals surface area contributed by atoms with Crippen molar-refractivity contribution in [2.24, 2.45) is 0 Å². The average molecular weight is 322 g/mol. The number of rotatable bonds is 3. The van der Waals surface area contributed by atoms with Gasteiger partial charge in [-0.2, -0.15) is 10.2 Å². The SMILES string of the molecule is Cc1ccc2c(-c3nc(C)n[nH]3)nn(Cc3ccccc3F)c2n1. The maximum absolute atomic E-state index is 14.0. The van der Waals surface area contributed by atoms with E-state index in [1.807, 2.05) is 25.1 Å². The molecule has 0 radical (unpaired) electrons. The molecule has 120 valence electrons. The summed E-state index contributed by atoms with van der Waals surface area (Å²) in [7, 11) is 0. The van der Waals surface area contributed by atoms with Crippen molar-refractivity contribution in [2.75, 3.05) is 0 Å². The predicted molar refractivity (Wildman–Crippen MR) is 87.9 cm³/mol. The Bertz CT molecular complexity index is 1030. The lowest BCUT2D eigenvalue weighted by Crippen LogP contribution is -2.05. The van der Waals surface area contributed by atoms with Crippen LogP contribution in [0.2, 0.25) is 0 Å². The fourth-order valence-electron chi connectivity index (χ4n) is 2.67. The summed E-state index contributed by atoms with van der Waals surface area (Å²) in [5.74, 6) is 0.961. The number of benzene rings is 1. The van der Waals surface area contributed by atoms with Crippen molar-refractivity contribution < 1.29 is 4.39 Å². The fourth-order valence-corrected chi connectivity index (χ4v) is 2.67. The largest absolute Gasteiger partial charge is 0.258 e. The quantitative estimate of drug-likeness (QED) is 0.629. The van der Waals surface area contributed by atoms with Gasteiger partial charge in [0.15, 0.2) is 11.5 Å². The summed E-state index contributed by atoms with van der Waals surface area (Å²) in [5, 5.41) is 12.4. The van der Waals surface area contributed by atoms with Gasteiger partial charge in [0.1, 0.15) is 17.3 Å². The molecule has 0 spiro atoms. The molecule has 3 heterocycles. The first-order chi connectivity index (χ1) is 11.6. The van der Waals surface area contributed by atoms with Crippen LogP contribution < -0.4 is 0 Å². The molecule has 0 bridgehead atoms. The van der Waals surface area contributed by atoms with Crippen LogP contribution >= 0.6 is 0 Å². The molecular weight excluding hydrogens is 307 g/mol. The van der Waals surface area contributed by atoms with E-state index in [2.05, 4.69) is 25.3 Å². The molecule has 24 heavy (non-hydrogen) atoms. The summed E-state index contributed by atoms with van der Waals surface area (Å²) in [6.45, 7) is 4.02. The van der Waals surface area contributed by atoms with Crippen LogP contribution in [0.25, 0.3) is 22.6 Å². The topological polar surface area (TPSA) is 72.3 Å². The van der Waals surface area contributed by atoms with Crippen LogP contribution in [0.5, 0.6) is 0 Å². The Morgan fingerprint density at radius 3 is 2.67 bits per heavy atom. The van der Waals surface area contributed by atoms with Gasteiger partial charge in [-0.05, 0) is 32.0 Å². The van der Waals surface area contributed by atoms with Gasteiger partial charge in [0.2, 0.25) is 0 Å². The number of hydrogen-bond acceptors (Lipinski definition) is 4. The Morgan fingerprint density at radius 2 is 1.92 bits per heavy atom. The van der Waals surface area contributed by atoms with Crippen LogP contribution in [0.15, 0.2) is 36.4 Å². The second-order valence-electron chi connectivity index (χ2n) is 5.65. The van der Waals surface area contributed by atoms with E-state index in [9.17, 15) is 4.39 Å². The molecule has 0 unspecified atom stereocenters. The second-order valence-corrected chi connectivity index (χ2v) is 5.65. The summed E-state index contributed by atoms with van der Waals surface area (Å²) in [6.07, 6.45) is 0. The Morgan fingerprint density at radius 1 is 1.08 bits per heavy atom. The number of H-pyrrole nitrogens is 1. The number of aromatic amines is 1. The molecule has 0 atom stereocenters. The monoisotopic (exact) mass is 322 g/mol. The van der Waals surface area contributed by atoms with Crippen molar-refractivity contribution in [3.63, 3.8) is 0 Å². The van der Waals surface area contributed by atoms with Gasteiger partial charge in [-0.25, -0.2) is 19.0 Å². The zero-order chi connectivity index (χ0) is 16.7. The molecule has 0 aliphatic heterocycles. The normalized spacial score (nSPS) is 11.3. The summed E-state index contributed by atoms with van der Waals surface area (Å²) < 4.78 is 15.7. The number of hydrogen-bond donors (Lipinski definition) is 1. The van der Waals surface area contributed by atoms with Crippen LogP contribution in [0.4, 0.5) is 4.39 Å². The first-order valence-electron chi connectivity index (χ1n) is 7.59. The van der Waals surface area contributed by atoms with Crippen LogP contribution in [-0.2, 0) is 6.54 Å². The number of aryl methyl sites for hydroxylation is 2. The van der Waals surface area contributed by atoms with Crippen molar-refractivity contribution in [1.82, 2.24) is 29.9 Å². The Balaban J connectivity index is 1.89. The van der Waals surface area contributed by atoms with Gasteiger partial charge < -0.3 is 0 Å². The zero-order valence-corrected chi connectivity index (χ0v) is 13.3. The number of pyridine rings is 1. The number of fused-ring (bicyclic) bond motifs is 1. The molecule has 1 aromatic carbocycles. The summed E-state index contributed by atoms with van der Waals surface area (Å²) in [5.41, 5.74) is 2.79. The van der Waals surface area contributed by atoms with Crippen molar-refractivity contribution >= 4 is 11.0 Å². The Kier molecular flexibility index (Phi) is 3.34. The highest BCUT2D eigenvalue weighted by molar-refractivity contribution is 5.89. The van der Waals surface area contributed by atoms with Crippen LogP contribution in [0.3, 0.4) is 0 Å². The van der Waals surface area contributed by atoms with Crippen LogP contribution in [-0.4, -0.2) is 29.9 Å². The highest BCUT2D eigenvalue weighted by atomic mass is 19.1. The molecular formula is C17H15FN6. The molecule has 0 aliphatic rings. The maximum Gasteiger partial charge on any atom is 0.177 e. The van der Waals surface area contributed by atoms with E-state index >= 15 is 0 Å². The third kappa shape index (κ3) is 2.44. The summed E-state index contributed by atoms with van der Waals surface area (Å²) >= 11 is 0. The summed E-state index contributed by atoms with van der Waals surface area (Å²) in [4.78, 5) is 8.92. The molecule has 0 aliphatic carbocycles. The lowest BCUT2D eigenvalue weighted by molar-refractivity contribution is 0.589. The van der Waals surface area contributed by atoms with E-state index in [1.54, 1.807) is 23.7 Å². The van der Waals surface area contributed by atoms with E-state index in [4.69, 9.17) is 0 Å². The van der Waals surface area contributed by atoms with Gasteiger partial charge in [-0.1, -0.05) is 18.2 Å². The standard InChI is InChI=1S/C17H15FN6/c1-10-7-8-13-15(16-20-11(2)21-22-16)23-24(17(13)19-10)9-12-5-3-4-6-14(12)18/h3-8H,9H2,1-2H3,(H,20,21,22). The molecule has 4 aromatic rings. The first-order valence-corrected chi connectivity index (χ1v) is 7.59. The van der Waals surface area contributed by atoms with Gasteiger partial charge in [-0.3, -0.25) is 5.10 Å². The molecule has 1 N–H and O–H groups in total. The number of halogens is 1. The van der Waals surface area contributed by atoms with Crippen molar-refractivity contribution in [3.05, 3.63) is 59.3 Å². The number of aromatic nitrogens is 6. The smallest absolute Gasteiger partial charge is 0.177 e. The molecule has 0 amide bonds. The average Bonchev–Trinajstić information content (AvgIpc) is 3.13. The highest BCUT2D eigenvalue weighted by Crippen LogP contribution is 2.25. The molecule has 0 fully saturated rings. The Labute approximate surface area is 137 Å². The molecule has 4 rings (SSSR count). The van der Waals surface area contributed by atoms with E-state index in [0.717, 1.165) is 11.1 Å². The molecule has 0 saturated heterocycles. The summed E-state index contributed by atoms with van der Waals surface area (Å²) in [6, 6.07) is 10.5. The minimum atomic E-state index is -0.258. The minimum Gasteiger partial charge on any atom is -0.258 e. The molecule has 0 saturated carbocycles. The number of nitrogens with zero attached hydrogens (tertiary/aromatic N) is 5. The zero-order valence-electron chi connectivity index (χ0n) is 13.3. The van der Waals surface area contributed by atoms with E-state index < -0.39 is 0 Å². The minimum absolute atomic E-state index is 0.258. The van der Waals surface area contributed by atoms with Crippen LogP contribution in [0.1, 0.15) is 17.1 Å². The van der Waals surface area contributed by atoms with E-state index in [-0.39, 0.29) is 5.82 Å². The van der Waals surface area contributed by atoms with Crippen LogP contribution in [0, 0.1) is 19.7 Å². The second kappa shape index (κ2) is 5.52. The molecule has 7 heteroatoms. The van der Waals surface area contributed by atoms with Gasteiger partial charge in [0.05, 0.1) is 11.9 Å². The van der Waals surface area contributed by atoms with E-state index in [1.165, 1.54) is 6.07 Å². The predicted octanol–water partition coefficient (Wildman–Crippen LogP) is 3.02. The van der Waals surface area contributed by atoms with Gasteiger partial charge in [-0.15, -0.1) is 0 Å². The third-order valence-electron chi connectivity index (χ3n) is 3.83. The Hall–Kier alpha value is -3.09. The lowest BCUT2D eigenvalue weighted by Gasteiger charge is -2.04.